The number of amides is 1. The van der Waals surface area contributed by atoms with Gasteiger partial charge in [-0.15, -0.1) is 6.58 Å². The van der Waals surface area contributed by atoms with Crippen molar-refractivity contribution in [2.45, 2.75) is 0 Å². The molecule has 80 valence electrons. The molecule has 0 aliphatic carbocycles. The molecule has 0 aliphatic heterocycles. The second kappa shape index (κ2) is 4.57. The Hall–Kier alpha value is -2.16. The zero-order chi connectivity index (χ0) is 11.4. The van der Waals surface area contributed by atoms with Crippen LogP contribution in [0.4, 0.5) is 0 Å². The zero-order valence-electron chi connectivity index (χ0n) is 8.81. The Morgan fingerprint density at radius 2 is 2.19 bits per heavy atom. The van der Waals surface area contributed by atoms with Gasteiger partial charge in [0.15, 0.2) is 0 Å². The minimum atomic E-state index is -0.0986. The Kier molecular flexibility index (Phi) is 2.96. The summed E-state index contributed by atoms with van der Waals surface area (Å²) in [5.74, 6) is -0.0986. The Balaban J connectivity index is 2.44. The number of carbonyl (C=O) groups excluding carboxylic acids is 1. The number of carbonyl (C=O) groups is 1. The molecule has 1 aromatic carbocycles. The highest BCUT2D eigenvalue weighted by Crippen LogP contribution is 2.15. The van der Waals surface area contributed by atoms with E-state index < -0.39 is 0 Å². The number of nitrogens with zero attached hydrogens (tertiary/aromatic N) is 1. The van der Waals surface area contributed by atoms with Crippen LogP contribution in [0.3, 0.4) is 0 Å². The maximum Gasteiger partial charge on any atom is 0.252 e. The first-order valence-electron chi connectivity index (χ1n) is 5.06. The normalized spacial score (nSPS) is 10.0. The van der Waals surface area contributed by atoms with Gasteiger partial charge < -0.3 is 5.32 Å². The van der Waals surface area contributed by atoms with Crippen LogP contribution in [0.5, 0.6) is 0 Å². The molecule has 1 N–H and O–H groups in total. The third kappa shape index (κ3) is 1.93. The predicted octanol–water partition coefficient (Wildman–Crippen LogP) is 2.15. The summed E-state index contributed by atoms with van der Waals surface area (Å²) in [6.07, 6.45) is 3.30. The summed E-state index contributed by atoms with van der Waals surface area (Å²) in [5, 5.41) is 3.62. The van der Waals surface area contributed by atoms with Crippen LogP contribution in [0.15, 0.2) is 49.2 Å². The zero-order valence-corrected chi connectivity index (χ0v) is 8.81. The lowest BCUT2D eigenvalue weighted by Gasteiger charge is -2.05. The van der Waals surface area contributed by atoms with Gasteiger partial charge >= 0.3 is 0 Å². The molecule has 0 radical (unpaired) electrons. The van der Waals surface area contributed by atoms with Crippen molar-refractivity contribution in [2.24, 2.45) is 0 Å². The maximum atomic E-state index is 11.8. The van der Waals surface area contributed by atoms with Crippen molar-refractivity contribution in [1.29, 1.82) is 0 Å². The fourth-order valence-electron chi connectivity index (χ4n) is 1.55. The standard InChI is InChI=1S/C13H12N2O/c1-2-8-15-13(16)11-7-9-14-12-6-4-3-5-10(11)12/h2-7,9H,1,8H2,(H,15,16). The lowest BCUT2D eigenvalue weighted by atomic mass is 10.1. The summed E-state index contributed by atoms with van der Waals surface area (Å²) in [6.45, 7) is 4.03. The monoisotopic (exact) mass is 212 g/mol. The highest BCUT2D eigenvalue weighted by Gasteiger charge is 2.08. The van der Waals surface area contributed by atoms with E-state index in [4.69, 9.17) is 0 Å². The van der Waals surface area contributed by atoms with Gasteiger partial charge in [0.25, 0.3) is 5.91 Å². The van der Waals surface area contributed by atoms with Crippen molar-refractivity contribution in [3.05, 3.63) is 54.7 Å². The van der Waals surface area contributed by atoms with Crippen LogP contribution in [-0.2, 0) is 0 Å². The average molecular weight is 212 g/mol. The molecular weight excluding hydrogens is 200 g/mol. The Morgan fingerprint density at radius 3 is 3.00 bits per heavy atom. The first-order chi connectivity index (χ1) is 7.83. The van der Waals surface area contributed by atoms with E-state index in [9.17, 15) is 4.79 Å². The van der Waals surface area contributed by atoms with E-state index in [0.717, 1.165) is 10.9 Å². The van der Waals surface area contributed by atoms with E-state index in [1.165, 1.54) is 0 Å². The van der Waals surface area contributed by atoms with Crippen molar-refractivity contribution in [3.8, 4) is 0 Å². The second-order valence-electron chi connectivity index (χ2n) is 3.37. The van der Waals surface area contributed by atoms with Gasteiger partial charge in [-0.25, -0.2) is 0 Å². The smallest absolute Gasteiger partial charge is 0.252 e. The molecule has 1 aromatic heterocycles. The Morgan fingerprint density at radius 1 is 1.38 bits per heavy atom. The lowest BCUT2D eigenvalue weighted by molar-refractivity contribution is 0.0959. The molecule has 1 amide bonds. The van der Waals surface area contributed by atoms with Crippen LogP contribution in [0.1, 0.15) is 10.4 Å². The molecule has 3 heteroatoms. The molecule has 0 aliphatic rings. The first-order valence-corrected chi connectivity index (χ1v) is 5.06. The lowest BCUT2D eigenvalue weighted by Crippen LogP contribution is -2.23. The fourth-order valence-corrected chi connectivity index (χ4v) is 1.55. The van der Waals surface area contributed by atoms with Gasteiger partial charge in [0.05, 0.1) is 11.1 Å². The first kappa shape index (κ1) is 10.4. The highest BCUT2D eigenvalue weighted by molar-refractivity contribution is 6.05. The number of rotatable bonds is 3. The third-order valence-corrected chi connectivity index (χ3v) is 2.30. The molecule has 2 aromatic rings. The summed E-state index contributed by atoms with van der Waals surface area (Å²) < 4.78 is 0. The highest BCUT2D eigenvalue weighted by atomic mass is 16.1. The van der Waals surface area contributed by atoms with Crippen LogP contribution in [-0.4, -0.2) is 17.4 Å². The number of hydrogen-bond donors (Lipinski definition) is 1. The molecule has 2 rings (SSSR count). The number of hydrogen-bond acceptors (Lipinski definition) is 2. The number of nitrogens with one attached hydrogen (secondary N) is 1. The molecule has 0 unspecified atom stereocenters. The van der Waals surface area contributed by atoms with Gasteiger partial charge in [-0.3, -0.25) is 9.78 Å². The number of aromatic nitrogens is 1. The minimum absolute atomic E-state index is 0.0986. The van der Waals surface area contributed by atoms with Crippen molar-refractivity contribution in [1.82, 2.24) is 10.3 Å². The summed E-state index contributed by atoms with van der Waals surface area (Å²) in [7, 11) is 0. The quantitative estimate of drug-likeness (QED) is 0.792. The summed E-state index contributed by atoms with van der Waals surface area (Å²) in [6, 6.07) is 9.31. The molecular formula is C13H12N2O. The molecule has 0 fully saturated rings. The molecule has 16 heavy (non-hydrogen) atoms. The summed E-state index contributed by atoms with van der Waals surface area (Å²) in [5.41, 5.74) is 1.47. The van der Waals surface area contributed by atoms with Gasteiger partial charge in [0.2, 0.25) is 0 Å². The van der Waals surface area contributed by atoms with E-state index in [0.29, 0.717) is 12.1 Å². The van der Waals surface area contributed by atoms with E-state index in [2.05, 4.69) is 16.9 Å². The molecule has 0 saturated carbocycles. The van der Waals surface area contributed by atoms with Gasteiger partial charge in [-0.2, -0.15) is 0 Å². The summed E-state index contributed by atoms with van der Waals surface area (Å²) >= 11 is 0. The average Bonchev–Trinajstić information content (AvgIpc) is 2.35. The fraction of sp³-hybridized carbons (Fsp3) is 0.0769. The molecule has 3 nitrogen and oxygen atoms in total. The van der Waals surface area contributed by atoms with Crippen LogP contribution in [0.2, 0.25) is 0 Å². The van der Waals surface area contributed by atoms with Crippen LogP contribution < -0.4 is 5.32 Å². The topological polar surface area (TPSA) is 42.0 Å². The van der Waals surface area contributed by atoms with Gasteiger partial charge in [0, 0.05) is 18.1 Å². The molecule has 0 bridgehead atoms. The van der Waals surface area contributed by atoms with Gasteiger partial charge in [-0.05, 0) is 12.1 Å². The van der Waals surface area contributed by atoms with E-state index in [-0.39, 0.29) is 5.91 Å². The van der Waals surface area contributed by atoms with E-state index in [1.54, 1.807) is 18.3 Å². The van der Waals surface area contributed by atoms with E-state index >= 15 is 0 Å². The number of fused-ring (bicyclic) bond motifs is 1. The minimum Gasteiger partial charge on any atom is -0.349 e. The second-order valence-corrected chi connectivity index (χ2v) is 3.37. The van der Waals surface area contributed by atoms with Crippen molar-refractivity contribution in [3.63, 3.8) is 0 Å². The Bertz CT molecular complexity index is 529. The van der Waals surface area contributed by atoms with Crippen molar-refractivity contribution < 1.29 is 4.79 Å². The van der Waals surface area contributed by atoms with Gasteiger partial charge in [0.1, 0.15) is 0 Å². The molecule has 0 saturated heterocycles. The van der Waals surface area contributed by atoms with Crippen LogP contribution in [0, 0.1) is 0 Å². The molecule has 1 heterocycles. The van der Waals surface area contributed by atoms with E-state index in [1.807, 2.05) is 24.3 Å². The Labute approximate surface area is 93.8 Å². The summed E-state index contributed by atoms with van der Waals surface area (Å²) in [4.78, 5) is 16.0. The van der Waals surface area contributed by atoms with Gasteiger partial charge in [-0.1, -0.05) is 24.3 Å². The van der Waals surface area contributed by atoms with Crippen LogP contribution >= 0.6 is 0 Å². The SMILES string of the molecule is C=CCNC(=O)c1ccnc2ccccc12. The largest absolute Gasteiger partial charge is 0.349 e. The number of para-hydroxylation sites is 1. The maximum absolute atomic E-state index is 11.8. The van der Waals surface area contributed by atoms with Crippen LogP contribution in [0.25, 0.3) is 10.9 Å². The number of benzene rings is 1. The molecule has 0 spiro atoms. The predicted molar refractivity (Wildman–Crippen MR) is 64.3 cm³/mol. The third-order valence-electron chi connectivity index (χ3n) is 2.30. The van der Waals surface area contributed by atoms with Crippen molar-refractivity contribution >= 4 is 16.8 Å². The number of pyridine rings is 1. The molecule has 0 atom stereocenters. The van der Waals surface area contributed by atoms with Crippen molar-refractivity contribution in [2.75, 3.05) is 6.54 Å².